The third-order valence-corrected chi connectivity index (χ3v) is 4.19. The van der Waals surface area contributed by atoms with E-state index in [1.165, 1.54) is 0 Å². The number of ether oxygens (including phenoxy) is 2. The molecule has 0 spiro atoms. The summed E-state index contributed by atoms with van der Waals surface area (Å²) in [7, 11) is 3.69. The van der Waals surface area contributed by atoms with Crippen LogP contribution in [-0.2, 0) is 23.1 Å². The van der Waals surface area contributed by atoms with Crippen molar-refractivity contribution in [2.24, 2.45) is 12.0 Å². The maximum Gasteiger partial charge on any atom is 0.194 e. The van der Waals surface area contributed by atoms with Gasteiger partial charge in [-0.1, -0.05) is 0 Å². The zero-order chi connectivity index (χ0) is 15.4. The quantitative estimate of drug-likeness (QED) is 0.614. The second-order valence-corrected chi connectivity index (χ2v) is 5.61. The summed E-state index contributed by atoms with van der Waals surface area (Å²) in [5.74, 6) is 1.75. The summed E-state index contributed by atoms with van der Waals surface area (Å²) >= 11 is 0. The molecule has 1 aromatic rings. The summed E-state index contributed by atoms with van der Waals surface area (Å²) in [6.45, 7) is 3.80. The standard InChI is InChI=1S/C14H24N6O2/c1-15-14(16-8-13-17-10-18-19(13)2)20-5-7-22-12(9-20)11-4-3-6-21-11/h10-12H,3-9H2,1-2H3,(H,15,16). The molecule has 1 N–H and O–H groups in total. The summed E-state index contributed by atoms with van der Waals surface area (Å²) in [6, 6.07) is 0. The first-order valence-corrected chi connectivity index (χ1v) is 7.79. The number of guanidine groups is 1. The van der Waals surface area contributed by atoms with Gasteiger partial charge >= 0.3 is 0 Å². The molecule has 0 amide bonds. The molecule has 3 rings (SSSR count). The van der Waals surface area contributed by atoms with Crippen LogP contribution in [0.15, 0.2) is 11.3 Å². The molecule has 2 atom stereocenters. The Kier molecular flexibility index (Phi) is 4.89. The molecule has 3 heterocycles. The van der Waals surface area contributed by atoms with E-state index in [2.05, 4.69) is 25.3 Å². The highest BCUT2D eigenvalue weighted by Gasteiger charge is 2.32. The minimum atomic E-state index is 0.129. The second kappa shape index (κ2) is 7.06. The van der Waals surface area contributed by atoms with Gasteiger partial charge in [0.1, 0.15) is 18.3 Å². The van der Waals surface area contributed by atoms with Gasteiger partial charge < -0.3 is 19.7 Å². The van der Waals surface area contributed by atoms with Crippen molar-refractivity contribution >= 4 is 5.96 Å². The lowest BCUT2D eigenvalue weighted by molar-refractivity contribution is -0.0817. The Balaban J connectivity index is 1.57. The second-order valence-electron chi connectivity index (χ2n) is 5.61. The minimum Gasteiger partial charge on any atom is -0.375 e. The number of aromatic nitrogens is 3. The maximum atomic E-state index is 5.88. The predicted octanol–water partition coefficient (Wildman–Crippen LogP) is -0.230. The Morgan fingerprint density at radius 3 is 2.95 bits per heavy atom. The van der Waals surface area contributed by atoms with Gasteiger partial charge in [-0.15, -0.1) is 0 Å². The Bertz CT molecular complexity index is 511. The first-order valence-electron chi connectivity index (χ1n) is 7.79. The van der Waals surface area contributed by atoms with E-state index in [1.54, 1.807) is 18.1 Å². The molecule has 22 heavy (non-hydrogen) atoms. The molecule has 8 nitrogen and oxygen atoms in total. The van der Waals surface area contributed by atoms with Crippen molar-refractivity contribution in [2.45, 2.75) is 31.6 Å². The highest BCUT2D eigenvalue weighted by Crippen LogP contribution is 2.21. The number of hydrogen-bond donors (Lipinski definition) is 1. The zero-order valence-electron chi connectivity index (χ0n) is 13.2. The molecule has 0 saturated carbocycles. The van der Waals surface area contributed by atoms with Crippen LogP contribution < -0.4 is 5.32 Å². The van der Waals surface area contributed by atoms with Gasteiger partial charge in [0, 0.05) is 33.8 Å². The summed E-state index contributed by atoms with van der Waals surface area (Å²) in [4.78, 5) is 10.8. The maximum absolute atomic E-state index is 5.88. The van der Waals surface area contributed by atoms with Crippen molar-refractivity contribution in [3.63, 3.8) is 0 Å². The Morgan fingerprint density at radius 1 is 1.41 bits per heavy atom. The van der Waals surface area contributed by atoms with E-state index in [9.17, 15) is 0 Å². The SMILES string of the molecule is CN=C(NCc1ncnn1C)N1CCOC(C2CCCO2)C1. The smallest absolute Gasteiger partial charge is 0.194 e. The lowest BCUT2D eigenvalue weighted by Gasteiger charge is -2.37. The van der Waals surface area contributed by atoms with Gasteiger partial charge in [-0.25, -0.2) is 4.98 Å². The van der Waals surface area contributed by atoms with Gasteiger partial charge in [0.2, 0.25) is 0 Å². The van der Waals surface area contributed by atoms with Crippen LogP contribution in [-0.4, -0.2) is 71.2 Å². The van der Waals surface area contributed by atoms with Crippen molar-refractivity contribution < 1.29 is 9.47 Å². The fourth-order valence-electron chi connectivity index (χ4n) is 2.96. The Labute approximate surface area is 130 Å². The summed E-state index contributed by atoms with van der Waals surface area (Å²) in [5.41, 5.74) is 0. The number of aliphatic imine (C=N–C) groups is 1. The molecule has 0 aromatic carbocycles. The zero-order valence-corrected chi connectivity index (χ0v) is 13.2. The number of nitrogens with one attached hydrogen (secondary N) is 1. The van der Waals surface area contributed by atoms with E-state index in [1.807, 2.05) is 7.05 Å². The van der Waals surface area contributed by atoms with E-state index >= 15 is 0 Å². The van der Waals surface area contributed by atoms with Crippen LogP contribution >= 0.6 is 0 Å². The Hall–Kier alpha value is -1.67. The number of morpholine rings is 1. The van der Waals surface area contributed by atoms with Crippen LogP contribution in [0.2, 0.25) is 0 Å². The first-order chi connectivity index (χ1) is 10.8. The highest BCUT2D eigenvalue weighted by atomic mass is 16.5. The molecule has 0 bridgehead atoms. The van der Waals surface area contributed by atoms with Gasteiger partial charge in [0.05, 0.1) is 19.3 Å². The summed E-state index contributed by atoms with van der Waals surface area (Å²) < 4.78 is 13.4. The van der Waals surface area contributed by atoms with E-state index in [-0.39, 0.29) is 12.2 Å². The van der Waals surface area contributed by atoms with Gasteiger partial charge in [0.15, 0.2) is 5.96 Å². The molecule has 8 heteroatoms. The summed E-state index contributed by atoms with van der Waals surface area (Å²) in [5, 5.41) is 7.42. The van der Waals surface area contributed by atoms with Crippen LogP contribution in [0.3, 0.4) is 0 Å². The third-order valence-electron chi connectivity index (χ3n) is 4.19. The monoisotopic (exact) mass is 308 g/mol. The fourth-order valence-corrected chi connectivity index (χ4v) is 2.96. The van der Waals surface area contributed by atoms with Crippen molar-refractivity contribution in [3.8, 4) is 0 Å². The first kappa shape index (κ1) is 15.2. The molecule has 2 aliphatic rings. The molecule has 2 unspecified atom stereocenters. The van der Waals surface area contributed by atoms with E-state index in [0.29, 0.717) is 13.2 Å². The third kappa shape index (κ3) is 3.38. The van der Waals surface area contributed by atoms with Gasteiger partial charge in [-0.05, 0) is 12.8 Å². The number of hydrogen-bond acceptors (Lipinski definition) is 5. The summed E-state index contributed by atoms with van der Waals surface area (Å²) in [6.07, 6.45) is 4.12. The van der Waals surface area contributed by atoms with Crippen LogP contribution in [0.4, 0.5) is 0 Å². The average molecular weight is 308 g/mol. The van der Waals surface area contributed by atoms with Crippen molar-refractivity contribution in [3.05, 3.63) is 12.2 Å². The van der Waals surface area contributed by atoms with E-state index in [4.69, 9.17) is 9.47 Å². The largest absolute Gasteiger partial charge is 0.375 e. The molecule has 0 radical (unpaired) electrons. The van der Waals surface area contributed by atoms with Crippen LogP contribution in [0, 0.1) is 0 Å². The van der Waals surface area contributed by atoms with Gasteiger partial charge in [0.25, 0.3) is 0 Å². The van der Waals surface area contributed by atoms with Crippen molar-refractivity contribution in [2.75, 3.05) is 33.4 Å². The van der Waals surface area contributed by atoms with E-state index < -0.39 is 0 Å². The molecule has 1 aromatic heterocycles. The molecule has 2 fully saturated rings. The number of rotatable bonds is 3. The molecular formula is C14H24N6O2. The average Bonchev–Trinajstić information content (AvgIpc) is 3.20. The topological polar surface area (TPSA) is 76.8 Å². The highest BCUT2D eigenvalue weighted by molar-refractivity contribution is 5.79. The molecular weight excluding hydrogens is 284 g/mol. The van der Waals surface area contributed by atoms with Gasteiger partial charge in [-0.2, -0.15) is 5.10 Å². The Morgan fingerprint density at radius 2 is 2.27 bits per heavy atom. The molecule has 2 aliphatic heterocycles. The molecule has 0 aliphatic carbocycles. The van der Waals surface area contributed by atoms with E-state index in [0.717, 1.165) is 44.3 Å². The lowest BCUT2D eigenvalue weighted by Crippen LogP contribution is -2.53. The van der Waals surface area contributed by atoms with Crippen LogP contribution in [0.5, 0.6) is 0 Å². The van der Waals surface area contributed by atoms with Crippen LogP contribution in [0.25, 0.3) is 0 Å². The van der Waals surface area contributed by atoms with Crippen molar-refractivity contribution in [1.29, 1.82) is 0 Å². The lowest BCUT2D eigenvalue weighted by atomic mass is 10.1. The molecule has 2 saturated heterocycles. The van der Waals surface area contributed by atoms with Crippen molar-refractivity contribution in [1.82, 2.24) is 25.0 Å². The minimum absolute atomic E-state index is 0.129. The predicted molar refractivity (Wildman–Crippen MR) is 81.5 cm³/mol. The van der Waals surface area contributed by atoms with Gasteiger partial charge in [-0.3, -0.25) is 9.67 Å². The fraction of sp³-hybridized carbons (Fsp3) is 0.786. The van der Waals surface area contributed by atoms with Crippen LogP contribution in [0.1, 0.15) is 18.7 Å². The molecule has 122 valence electrons. The number of aryl methyl sites for hydroxylation is 1. The number of nitrogens with zero attached hydrogens (tertiary/aromatic N) is 5. The normalized spacial score (nSPS) is 26.5.